The molecule has 7 heteroatoms. The van der Waals surface area contributed by atoms with E-state index in [1.54, 1.807) is 17.2 Å². The number of rotatable bonds is 7. The van der Waals surface area contributed by atoms with Crippen molar-refractivity contribution >= 4 is 22.8 Å². The topological polar surface area (TPSA) is 75.9 Å². The molecule has 1 unspecified atom stereocenters. The monoisotopic (exact) mass is 392 g/mol. The van der Waals surface area contributed by atoms with Crippen LogP contribution in [0.2, 0.25) is 0 Å². The molecule has 1 N–H and O–H groups in total. The molecule has 1 aliphatic heterocycles. The average Bonchev–Trinajstić information content (AvgIpc) is 3.16. The average molecular weight is 393 g/mol. The van der Waals surface area contributed by atoms with E-state index in [1.807, 2.05) is 25.1 Å². The fraction of sp³-hybridized carbons (Fsp3) is 0.455. The molecule has 0 bridgehead atoms. The second-order valence-electron chi connectivity index (χ2n) is 7.78. The minimum atomic E-state index is -0.0475. The van der Waals surface area contributed by atoms with Crippen LogP contribution in [0.5, 0.6) is 0 Å². The molecule has 1 saturated heterocycles. The third-order valence-electron chi connectivity index (χ3n) is 5.48. The van der Waals surface area contributed by atoms with Gasteiger partial charge in [0.1, 0.15) is 18.7 Å². The van der Waals surface area contributed by atoms with E-state index >= 15 is 0 Å². The van der Waals surface area contributed by atoms with Crippen LogP contribution in [-0.2, 0) is 17.8 Å². The van der Waals surface area contributed by atoms with Crippen LogP contribution in [0.15, 0.2) is 42.9 Å². The van der Waals surface area contributed by atoms with E-state index in [-0.39, 0.29) is 18.5 Å². The van der Waals surface area contributed by atoms with E-state index in [1.165, 1.54) is 24.8 Å². The molecule has 0 radical (unpaired) electrons. The first kappa shape index (κ1) is 19.4. The van der Waals surface area contributed by atoms with Crippen molar-refractivity contribution in [2.45, 2.75) is 51.6 Å². The lowest BCUT2D eigenvalue weighted by Gasteiger charge is -2.27. The summed E-state index contributed by atoms with van der Waals surface area (Å²) in [4.78, 5) is 23.7. The maximum Gasteiger partial charge on any atom is 0.242 e. The SMILES string of the molecule is CC(CCc1ccccc1)NC(=O)Cn1ncc2c(N3CCCCC3)ncnc21. The first-order valence-electron chi connectivity index (χ1n) is 10.5. The van der Waals surface area contributed by atoms with Gasteiger partial charge in [-0.25, -0.2) is 14.6 Å². The van der Waals surface area contributed by atoms with E-state index in [2.05, 4.69) is 37.4 Å². The number of nitrogens with one attached hydrogen (secondary N) is 1. The van der Waals surface area contributed by atoms with Gasteiger partial charge in [0.25, 0.3) is 0 Å². The van der Waals surface area contributed by atoms with Crippen LogP contribution in [0.3, 0.4) is 0 Å². The number of anilines is 1. The van der Waals surface area contributed by atoms with Gasteiger partial charge < -0.3 is 10.2 Å². The largest absolute Gasteiger partial charge is 0.356 e. The van der Waals surface area contributed by atoms with Crippen molar-refractivity contribution in [2.24, 2.45) is 0 Å². The number of aryl methyl sites for hydroxylation is 1. The summed E-state index contributed by atoms with van der Waals surface area (Å²) in [7, 11) is 0. The third kappa shape index (κ3) is 4.72. The van der Waals surface area contributed by atoms with Gasteiger partial charge >= 0.3 is 0 Å². The maximum absolute atomic E-state index is 12.5. The molecule has 1 aliphatic rings. The van der Waals surface area contributed by atoms with Gasteiger partial charge in [0, 0.05) is 19.1 Å². The number of aromatic nitrogens is 4. The summed E-state index contributed by atoms with van der Waals surface area (Å²) in [5.41, 5.74) is 2.00. The summed E-state index contributed by atoms with van der Waals surface area (Å²) >= 11 is 0. The Hall–Kier alpha value is -2.96. The predicted molar refractivity (Wildman–Crippen MR) is 114 cm³/mol. The molecular weight excluding hydrogens is 364 g/mol. The summed E-state index contributed by atoms with van der Waals surface area (Å²) in [6, 6.07) is 10.4. The summed E-state index contributed by atoms with van der Waals surface area (Å²) in [6.07, 6.45) is 8.84. The number of benzene rings is 1. The Morgan fingerprint density at radius 1 is 1.14 bits per heavy atom. The summed E-state index contributed by atoms with van der Waals surface area (Å²) in [5, 5.41) is 8.41. The van der Waals surface area contributed by atoms with Crippen molar-refractivity contribution in [3.05, 3.63) is 48.4 Å². The van der Waals surface area contributed by atoms with Crippen LogP contribution in [-0.4, -0.2) is 44.8 Å². The highest BCUT2D eigenvalue weighted by molar-refractivity contribution is 5.87. The van der Waals surface area contributed by atoms with E-state index in [0.29, 0.717) is 5.65 Å². The fourth-order valence-electron chi connectivity index (χ4n) is 3.91. The van der Waals surface area contributed by atoms with E-state index in [9.17, 15) is 4.79 Å². The second kappa shape index (κ2) is 9.03. The number of carbonyl (C=O) groups excluding carboxylic acids is 1. The summed E-state index contributed by atoms with van der Waals surface area (Å²) in [5.74, 6) is 0.881. The van der Waals surface area contributed by atoms with Crippen molar-refractivity contribution in [3.8, 4) is 0 Å². The molecule has 3 aromatic rings. The normalized spacial score (nSPS) is 15.4. The maximum atomic E-state index is 12.5. The molecule has 1 amide bonds. The molecule has 1 atom stereocenters. The van der Waals surface area contributed by atoms with Crippen LogP contribution >= 0.6 is 0 Å². The van der Waals surface area contributed by atoms with Gasteiger partial charge in [-0.1, -0.05) is 30.3 Å². The molecule has 0 aliphatic carbocycles. The number of nitrogens with zero attached hydrogens (tertiary/aromatic N) is 5. The van der Waals surface area contributed by atoms with E-state index < -0.39 is 0 Å². The Bertz CT molecular complexity index is 948. The van der Waals surface area contributed by atoms with Crippen molar-refractivity contribution in [3.63, 3.8) is 0 Å². The van der Waals surface area contributed by atoms with Crippen LogP contribution in [0, 0.1) is 0 Å². The number of hydrogen-bond acceptors (Lipinski definition) is 5. The van der Waals surface area contributed by atoms with Crippen molar-refractivity contribution in [1.29, 1.82) is 0 Å². The lowest BCUT2D eigenvalue weighted by molar-refractivity contribution is -0.122. The highest BCUT2D eigenvalue weighted by Gasteiger charge is 2.18. The Kier molecular flexibility index (Phi) is 6.03. The lowest BCUT2D eigenvalue weighted by Crippen LogP contribution is -2.35. The van der Waals surface area contributed by atoms with Crippen molar-refractivity contribution in [1.82, 2.24) is 25.1 Å². The Balaban J connectivity index is 1.38. The molecule has 0 spiro atoms. The highest BCUT2D eigenvalue weighted by atomic mass is 16.2. The van der Waals surface area contributed by atoms with Crippen LogP contribution < -0.4 is 10.2 Å². The van der Waals surface area contributed by atoms with Gasteiger partial charge in [-0.3, -0.25) is 4.79 Å². The smallest absolute Gasteiger partial charge is 0.242 e. The molecule has 7 nitrogen and oxygen atoms in total. The lowest BCUT2D eigenvalue weighted by atomic mass is 10.1. The van der Waals surface area contributed by atoms with Gasteiger partial charge in [0.05, 0.1) is 11.6 Å². The van der Waals surface area contributed by atoms with Gasteiger partial charge in [-0.15, -0.1) is 0 Å². The molecule has 0 saturated carbocycles. The Morgan fingerprint density at radius 3 is 2.72 bits per heavy atom. The minimum Gasteiger partial charge on any atom is -0.356 e. The molecule has 152 valence electrons. The van der Waals surface area contributed by atoms with Crippen molar-refractivity contribution < 1.29 is 4.79 Å². The minimum absolute atomic E-state index is 0.0475. The third-order valence-corrected chi connectivity index (χ3v) is 5.48. The highest BCUT2D eigenvalue weighted by Crippen LogP contribution is 2.25. The number of fused-ring (bicyclic) bond motifs is 1. The first-order chi connectivity index (χ1) is 14.2. The molecule has 1 fully saturated rings. The van der Waals surface area contributed by atoms with Gasteiger partial charge in [0.15, 0.2) is 5.65 Å². The van der Waals surface area contributed by atoms with Crippen LogP contribution in [0.1, 0.15) is 38.2 Å². The molecule has 1 aromatic carbocycles. The second-order valence-corrected chi connectivity index (χ2v) is 7.78. The Morgan fingerprint density at radius 2 is 1.93 bits per heavy atom. The number of piperidine rings is 1. The summed E-state index contributed by atoms with van der Waals surface area (Å²) in [6.45, 7) is 4.22. The van der Waals surface area contributed by atoms with Crippen LogP contribution in [0.4, 0.5) is 5.82 Å². The van der Waals surface area contributed by atoms with Gasteiger partial charge in [-0.2, -0.15) is 5.10 Å². The quantitative estimate of drug-likeness (QED) is 0.669. The van der Waals surface area contributed by atoms with E-state index in [4.69, 9.17) is 0 Å². The first-order valence-corrected chi connectivity index (χ1v) is 10.5. The summed E-state index contributed by atoms with van der Waals surface area (Å²) < 4.78 is 1.67. The van der Waals surface area contributed by atoms with E-state index in [0.717, 1.165) is 37.1 Å². The van der Waals surface area contributed by atoms with Gasteiger partial charge in [-0.05, 0) is 44.6 Å². The Labute approximate surface area is 171 Å². The number of amides is 1. The zero-order chi connectivity index (χ0) is 20.1. The fourth-order valence-corrected chi connectivity index (χ4v) is 3.91. The number of carbonyl (C=O) groups is 1. The zero-order valence-electron chi connectivity index (χ0n) is 16.9. The van der Waals surface area contributed by atoms with Crippen molar-refractivity contribution in [2.75, 3.05) is 18.0 Å². The van der Waals surface area contributed by atoms with Crippen LogP contribution in [0.25, 0.3) is 11.0 Å². The molecule has 29 heavy (non-hydrogen) atoms. The van der Waals surface area contributed by atoms with Gasteiger partial charge in [0.2, 0.25) is 5.91 Å². The predicted octanol–water partition coefficient (Wildman–Crippen LogP) is 2.95. The molecule has 4 rings (SSSR count). The standard InChI is InChI=1S/C22H28N6O/c1-17(10-11-18-8-4-2-5-9-18)26-20(29)15-28-22-19(14-25-28)21(23-16-24-22)27-12-6-3-7-13-27/h2,4-5,8-9,14,16-17H,3,6-7,10-13,15H2,1H3,(H,26,29). The molecular formula is C22H28N6O. The zero-order valence-corrected chi connectivity index (χ0v) is 16.9. The number of hydrogen-bond donors (Lipinski definition) is 1. The molecule has 2 aromatic heterocycles. The molecule has 3 heterocycles.